The first kappa shape index (κ1) is 27.8. The third-order valence-corrected chi connectivity index (χ3v) is 5.75. The van der Waals surface area contributed by atoms with E-state index in [1.807, 2.05) is 27.7 Å². The second-order valence-electron chi connectivity index (χ2n) is 9.83. The fraction of sp³-hybridized carbons (Fsp3) is 0.538. The predicted molar refractivity (Wildman–Crippen MR) is 140 cm³/mol. The molecule has 0 aliphatic heterocycles. The fourth-order valence-corrected chi connectivity index (χ4v) is 3.99. The lowest BCUT2D eigenvalue weighted by molar-refractivity contribution is -0.118. The van der Waals surface area contributed by atoms with Crippen molar-refractivity contribution in [2.24, 2.45) is 10.9 Å². The van der Waals surface area contributed by atoms with Gasteiger partial charge in [-0.05, 0) is 39.0 Å². The van der Waals surface area contributed by atoms with Crippen LogP contribution in [0.3, 0.4) is 0 Å². The number of anilines is 1. The number of hydrogen-bond acceptors (Lipinski definition) is 8. The number of H-pyrrole nitrogens is 1. The van der Waals surface area contributed by atoms with Crippen molar-refractivity contribution >= 4 is 24.0 Å². The number of benzene rings is 1. The number of aromatic nitrogens is 2. The third-order valence-electron chi connectivity index (χ3n) is 5.75. The quantitative estimate of drug-likeness (QED) is 0.331. The Hall–Kier alpha value is -3.76. The maximum Gasteiger partial charge on any atom is 0.407 e. The molecule has 1 fully saturated rings. The number of carbonyl (C=O) groups excluding carboxylic acids is 2. The van der Waals surface area contributed by atoms with E-state index in [1.54, 1.807) is 12.1 Å². The van der Waals surface area contributed by atoms with Crippen LogP contribution in [0.25, 0.3) is 0 Å². The normalized spacial score (nSPS) is 17.4. The number of nitrogens with zero attached hydrogens (tertiary/aromatic N) is 2. The van der Waals surface area contributed by atoms with Gasteiger partial charge in [-0.15, -0.1) is 0 Å². The number of carbonyl (C=O) groups is 2. The number of methoxy groups -OCH3 is 1. The zero-order valence-corrected chi connectivity index (χ0v) is 22.0. The molecule has 2 aromatic rings. The van der Waals surface area contributed by atoms with Gasteiger partial charge in [-0.3, -0.25) is 14.9 Å². The van der Waals surface area contributed by atoms with E-state index in [2.05, 4.69) is 25.8 Å². The lowest BCUT2D eigenvalue weighted by atomic mass is 10.0. The number of aromatic hydroxyl groups is 1. The van der Waals surface area contributed by atoms with Crippen molar-refractivity contribution in [3.05, 3.63) is 29.5 Å². The van der Waals surface area contributed by atoms with Crippen LogP contribution >= 0.6 is 0 Å². The van der Waals surface area contributed by atoms with Gasteiger partial charge in [-0.1, -0.05) is 13.8 Å². The Morgan fingerprint density at radius 1 is 1.24 bits per heavy atom. The molecule has 11 heteroatoms. The van der Waals surface area contributed by atoms with Crippen LogP contribution in [-0.4, -0.2) is 65.9 Å². The third kappa shape index (κ3) is 8.40. The Labute approximate surface area is 217 Å². The first-order valence-electron chi connectivity index (χ1n) is 12.5. The molecule has 11 nitrogen and oxygen atoms in total. The molecule has 0 spiro atoms. The first-order valence-corrected chi connectivity index (χ1v) is 12.5. The summed E-state index contributed by atoms with van der Waals surface area (Å²) in [6.07, 6.45) is 3.27. The zero-order chi connectivity index (χ0) is 26.9. The molecule has 1 aromatic heterocycles. The monoisotopic (exact) mass is 515 g/mol. The summed E-state index contributed by atoms with van der Waals surface area (Å²) in [5.41, 5.74) is 1.24. The molecule has 1 saturated carbocycles. The number of phenols is 1. The molecule has 1 aliphatic rings. The van der Waals surface area contributed by atoms with E-state index in [9.17, 15) is 14.7 Å². The Kier molecular flexibility index (Phi) is 9.76. The minimum absolute atomic E-state index is 0.0201. The van der Waals surface area contributed by atoms with Gasteiger partial charge in [0.1, 0.15) is 23.4 Å². The van der Waals surface area contributed by atoms with Gasteiger partial charge in [-0.25, -0.2) is 4.79 Å². The summed E-state index contributed by atoms with van der Waals surface area (Å²) in [5.74, 6) is 1.09. The van der Waals surface area contributed by atoms with E-state index in [-0.39, 0.29) is 36.2 Å². The summed E-state index contributed by atoms with van der Waals surface area (Å²) in [5, 5.41) is 23.0. The molecule has 1 aliphatic carbocycles. The minimum atomic E-state index is -0.414. The van der Waals surface area contributed by atoms with Gasteiger partial charge < -0.3 is 30.0 Å². The van der Waals surface area contributed by atoms with Gasteiger partial charge in [0.2, 0.25) is 0 Å². The minimum Gasteiger partial charge on any atom is -0.507 e. The van der Waals surface area contributed by atoms with Gasteiger partial charge in [0.25, 0.3) is 5.91 Å². The Morgan fingerprint density at radius 3 is 2.73 bits per heavy atom. The van der Waals surface area contributed by atoms with Crippen LogP contribution in [0.4, 0.5) is 10.6 Å². The second-order valence-corrected chi connectivity index (χ2v) is 9.83. The molecule has 2 amide bonds. The van der Waals surface area contributed by atoms with Gasteiger partial charge in [0.05, 0.1) is 12.7 Å². The number of rotatable bonds is 11. The van der Waals surface area contributed by atoms with E-state index in [0.29, 0.717) is 36.0 Å². The van der Waals surface area contributed by atoms with E-state index in [1.165, 1.54) is 19.4 Å². The van der Waals surface area contributed by atoms with Crippen molar-refractivity contribution in [2.75, 3.05) is 25.6 Å². The largest absolute Gasteiger partial charge is 0.507 e. The molecule has 4 N–H and O–H groups in total. The summed E-state index contributed by atoms with van der Waals surface area (Å²) in [6, 6.07) is 4.85. The Bertz CT molecular complexity index is 1100. The lowest BCUT2D eigenvalue weighted by Crippen LogP contribution is -2.33. The molecule has 3 rings (SSSR count). The molecule has 202 valence electrons. The molecular formula is C26H37N5O6. The van der Waals surface area contributed by atoms with Crippen molar-refractivity contribution in [2.45, 2.75) is 65.0 Å². The summed E-state index contributed by atoms with van der Waals surface area (Å²) >= 11 is 0. The van der Waals surface area contributed by atoms with Gasteiger partial charge in [0, 0.05) is 48.6 Å². The van der Waals surface area contributed by atoms with Crippen LogP contribution in [0, 0.1) is 5.92 Å². The molecule has 2 atom stereocenters. The SMILES string of the molecule is COc1cc(O)c(C=NCC(C)C)c(OCC(=O)Nc2cc(C3CCC(OC(=O)NC(C)C)C3)[nH]n2)c1. The zero-order valence-electron chi connectivity index (χ0n) is 22.0. The summed E-state index contributed by atoms with van der Waals surface area (Å²) in [4.78, 5) is 28.7. The van der Waals surface area contributed by atoms with Gasteiger partial charge in [0.15, 0.2) is 12.4 Å². The van der Waals surface area contributed by atoms with E-state index >= 15 is 0 Å². The maximum atomic E-state index is 12.5. The molecule has 1 aromatic carbocycles. The number of ether oxygens (including phenoxy) is 3. The highest BCUT2D eigenvalue weighted by Crippen LogP contribution is 2.36. The second kappa shape index (κ2) is 13.0. The van der Waals surface area contributed by atoms with E-state index < -0.39 is 12.0 Å². The molecule has 2 unspecified atom stereocenters. The van der Waals surface area contributed by atoms with Crippen LogP contribution < -0.4 is 20.1 Å². The highest BCUT2D eigenvalue weighted by molar-refractivity contribution is 5.92. The average Bonchev–Trinajstić information content (AvgIpc) is 3.47. The highest BCUT2D eigenvalue weighted by atomic mass is 16.6. The van der Waals surface area contributed by atoms with Crippen molar-refractivity contribution < 1.29 is 28.9 Å². The summed E-state index contributed by atoms with van der Waals surface area (Å²) < 4.78 is 16.4. The fourth-order valence-electron chi connectivity index (χ4n) is 3.99. The lowest BCUT2D eigenvalue weighted by Gasteiger charge is -2.14. The van der Waals surface area contributed by atoms with Crippen LogP contribution in [-0.2, 0) is 9.53 Å². The number of alkyl carbamates (subject to hydrolysis) is 1. The van der Waals surface area contributed by atoms with Crippen LogP contribution in [0.5, 0.6) is 17.2 Å². The maximum absolute atomic E-state index is 12.5. The molecular weight excluding hydrogens is 478 g/mol. The first-order chi connectivity index (χ1) is 17.6. The molecule has 37 heavy (non-hydrogen) atoms. The molecule has 0 radical (unpaired) electrons. The van der Waals surface area contributed by atoms with Crippen molar-refractivity contribution in [3.8, 4) is 17.2 Å². The number of aliphatic imine (C=N–C) groups is 1. The number of amides is 2. The summed E-state index contributed by atoms with van der Waals surface area (Å²) in [7, 11) is 1.48. The summed E-state index contributed by atoms with van der Waals surface area (Å²) in [6.45, 7) is 8.13. The average molecular weight is 516 g/mol. The van der Waals surface area contributed by atoms with E-state index in [0.717, 1.165) is 18.5 Å². The number of hydrogen-bond donors (Lipinski definition) is 4. The topological polar surface area (TPSA) is 147 Å². The Morgan fingerprint density at radius 2 is 2.03 bits per heavy atom. The number of aromatic amines is 1. The molecule has 0 saturated heterocycles. The number of nitrogens with one attached hydrogen (secondary N) is 3. The standard InChI is InChI=1S/C26H37N5O6/c1-15(2)12-27-13-20-22(32)9-19(35-5)10-23(20)36-14-25(33)29-24-11-21(30-31-24)17-6-7-18(8-17)37-26(34)28-16(3)4/h9-11,13,15-18,32H,6-8,12,14H2,1-5H3,(H,28,34)(H2,29,30,31,33). The van der Waals surface area contributed by atoms with Crippen molar-refractivity contribution in [3.63, 3.8) is 0 Å². The van der Waals surface area contributed by atoms with Gasteiger partial charge in [-0.2, -0.15) is 5.10 Å². The van der Waals surface area contributed by atoms with E-state index in [4.69, 9.17) is 14.2 Å². The molecule has 1 heterocycles. The van der Waals surface area contributed by atoms with Crippen LogP contribution in [0.1, 0.15) is 64.1 Å². The predicted octanol–water partition coefficient (Wildman–Crippen LogP) is 3.99. The molecule has 0 bridgehead atoms. The van der Waals surface area contributed by atoms with Crippen LogP contribution in [0.15, 0.2) is 23.2 Å². The van der Waals surface area contributed by atoms with Crippen molar-refractivity contribution in [1.82, 2.24) is 15.5 Å². The van der Waals surface area contributed by atoms with Gasteiger partial charge >= 0.3 is 6.09 Å². The number of phenolic OH excluding ortho intramolecular Hbond substituents is 1. The smallest absolute Gasteiger partial charge is 0.407 e. The van der Waals surface area contributed by atoms with Crippen LogP contribution in [0.2, 0.25) is 0 Å². The highest BCUT2D eigenvalue weighted by Gasteiger charge is 2.30. The Balaban J connectivity index is 1.56. The van der Waals surface area contributed by atoms with Crippen molar-refractivity contribution in [1.29, 1.82) is 0 Å².